The van der Waals surface area contributed by atoms with Gasteiger partial charge in [-0.05, 0) is 24.0 Å². The zero-order chi connectivity index (χ0) is 15.3. The molecule has 7 heteroatoms. The molecular formula is C15H12ClN3O2S. The van der Waals surface area contributed by atoms with Gasteiger partial charge >= 0.3 is 5.56 Å². The first kappa shape index (κ1) is 13.7. The number of fused-ring (bicyclic) bond motifs is 1. The van der Waals surface area contributed by atoms with Gasteiger partial charge in [0.05, 0.1) is 12.8 Å². The smallest absolute Gasteiger partial charge is 0.301 e. The summed E-state index contributed by atoms with van der Waals surface area (Å²) in [7, 11) is 1.50. The molecule has 0 spiro atoms. The van der Waals surface area contributed by atoms with Crippen LogP contribution >= 0.6 is 22.9 Å². The molecular weight excluding hydrogens is 322 g/mol. The fourth-order valence-corrected chi connectivity index (χ4v) is 3.83. The number of rotatable bonds is 3. The van der Waals surface area contributed by atoms with Crippen molar-refractivity contribution in [3.05, 3.63) is 56.7 Å². The molecule has 5 nitrogen and oxygen atoms in total. The normalized spacial score (nSPS) is 20.3. The van der Waals surface area contributed by atoms with E-state index in [0.717, 1.165) is 12.1 Å². The van der Waals surface area contributed by atoms with E-state index >= 15 is 0 Å². The Labute approximate surface area is 135 Å². The average molecular weight is 334 g/mol. The van der Waals surface area contributed by atoms with Crippen molar-refractivity contribution in [1.82, 2.24) is 14.4 Å². The maximum atomic E-state index is 12.5. The van der Waals surface area contributed by atoms with Gasteiger partial charge in [0.2, 0.25) is 5.75 Å². The van der Waals surface area contributed by atoms with Gasteiger partial charge in [-0.25, -0.2) is 4.98 Å². The Morgan fingerprint density at radius 1 is 1.45 bits per heavy atom. The summed E-state index contributed by atoms with van der Waals surface area (Å²) in [5.74, 6) is 0.841. The summed E-state index contributed by atoms with van der Waals surface area (Å²) in [6.45, 7) is 0. The lowest BCUT2D eigenvalue weighted by Gasteiger charge is -2.07. The third-order valence-corrected chi connectivity index (χ3v) is 5.05. The van der Waals surface area contributed by atoms with Crippen LogP contribution in [-0.4, -0.2) is 21.5 Å². The second-order valence-electron chi connectivity index (χ2n) is 5.26. The summed E-state index contributed by atoms with van der Waals surface area (Å²) in [6, 6.07) is 3.98. The predicted molar refractivity (Wildman–Crippen MR) is 85.2 cm³/mol. The Balaban J connectivity index is 1.81. The topological polar surface area (TPSA) is 56.5 Å². The van der Waals surface area contributed by atoms with E-state index in [1.807, 2.05) is 12.3 Å². The number of aromatic nitrogens is 3. The van der Waals surface area contributed by atoms with Gasteiger partial charge in [-0.3, -0.25) is 14.2 Å². The Kier molecular flexibility index (Phi) is 3.16. The lowest BCUT2D eigenvalue weighted by molar-refractivity contribution is 0.399. The Morgan fingerprint density at radius 2 is 2.32 bits per heavy atom. The summed E-state index contributed by atoms with van der Waals surface area (Å²) >= 11 is 7.28. The quantitative estimate of drug-likeness (QED) is 0.739. The SMILES string of the molecule is COc1c(C2CC2c2cccnc2)nc2sc(Cl)cn2c1=O. The molecule has 1 fully saturated rings. The van der Waals surface area contributed by atoms with Crippen molar-refractivity contribution in [2.45, 2.75) is 18.3 Å². The molecule has 1 aliphatic carbocycles. The Bertz CT molecular complexity index is 906. The Morgan fingerprint density at radius 3 is 3.05 bits per heavy atom. The standard InChI is InChI=1S/C15H12ClN3O2S/c1-21-13-12(10-5-9(10)8-3-2-4-17-6-8)18-15-19(14(13)20)7-11(16)22-15/h2-4,6-7,9-10H,5H2,1H3. The van der Waals surface area contributed by atoms with E-state index in [9.17, 15) is 4.79 Å². The lowest BCUT2D eigenvalue weighted by Crippen LogP contribution is -2.17. The van der Waals surface area contributed by atoms with Crippen LogP contribution in [0, 0.1) is 0 Å². The van der Waals surface area contributed by atoms with Crippen molar-refractivity contribution in [2.24, 2.45) is 0 Å². The molecule has 112 valence electrons. The minimum Gasteiger partial charge on any atom is -0.490 e. The number of thiazole rings is 1. The van der Waals surface area contributed by atoms with Crippen molar-refractivity contribution in [2.75, 3.05) is 7.11 Å². The maximum absolute atomic E-state index is 12.5. The van der Waals surface area contributed by atoms with Crippen LogP contribution < -0.4 is 10.3 Å². The predicted octanol–water partition coefficient (Wildman–Crippen LogP) is 3.08. The molecule has 3 aromatic rings. The average Bonchev–Trinajstić information content (AvgIpc) is 3.23. The molecule has 22 heavy (non-hydrogen) atoms. The van der Waals surface area contributed by atoms with Crippen LogP contribution in [-0.2, 0) is 0 Å². The fraction of sp³-hybridized carbons (Fsp3) is 0.267. The minimum atomic E-state index is -0.206. The third kappa shape index (κ3) is 2.10. The van der Waals surface area contributed by atoms with E-state index in [1.165, 1.54) is 28.4 Å². The fourth-order valence-electron chi connectivity index (χ4n) is 2.82. The number of hydrogen-bond donors (Lipinski definition) is 0. The van der Waals surface area contributed by atoms with Gasteiger partial charge in [0.1, 0.15) is 4.34 Å². The largest absolute Gasteiger partial charge is 0.490 e. The van der Waals surface area contributed by atoms with E-state index in [0.29, 0.717) is 21.0 Å². The molecule has 4 rings (SSSR count). The molecule has 0 saturated heterocycles. The molecule has 0 N–H and O–H groups in total. The van der Waals surface area contributed by atoms with E-state index in [4.69, 9.17) is 16.3 Å². The molecule has 0 aliphatic heterocycles. The first-order valence-corrected chi connectivity index (χ1v) is 8.04. The highest BCUT2D eigenvalue weighted by atomic mass is 35.5. The summed E-state index contributed by atoms with van der Waals surface area (Å²) in [4.78, 5) is 21.9. The van der Waals surface area contributed by atoms with Gasteiger partial charge < -0.3 is 4.74 Å². The van der Waals surface area contributed by atoms with Crippen molar-refractivity contribution >= 4 is 27.9 Å². The summed E-state index contributed by atoms with van der Waals surface area (Å²) in [5, 5.41) is 0. The number of ether oxygens (including phenoxy) is 1. The molecule has 3 heterocycles. The zero-order valence-electron chi connectivity index (χ0n) is 11.7. The van der Waals surface area contributed by atoms with Gasteiger partial charge in [0.25, 0.3) is 0 Å². The maximum Gasteiger partial charge on any atom is 0.301 e. The molecule has 0 bridgehead atoms. The number of hydrogen-bond acceptors (Lipinski definition) is 5. The van der Waals surface area contributed by atoms with Crippen molar-refractivity contribution in [3.8, 4) is 5.75 Å². The van der Waals surface area contributed by atoms with Crippen LogP contribution in [0.5, 0.6) is 5.75 Å². The molecule has 0 radical (unpaired) electrons. The summed E-state index contributed by atoms with van der Waals surface area (Å²) < 4.78 is 7.30. The van der Waals surface area contributed by atoms with E-state index in [-0.39, 0.29) is 11.5 Å². The molecule has 1 saturated carbocycles. The molecule has 1 aliphatic rings. The first-order valence-electron chi connectivity index (χ1n) is 6.84. The minimum absolute atomic E-state index is 0.192. The number of pyridine rings is 1. The monoisotopic (exact) mass is 333 g/mol. The molecule has 2 unspecified atom stereocenters. The Hall–Kier alpha value is -1.92. The van der Waals surface area contributed by atoms with Crippen LogP contribution in [0.15, 0.2) is 35.5 Å². The molecule has 0 aromatic carbocycles. The van der Waals surface area contributed by atoms with Crippen LogP contribution in [0.3, 0.4) is 0 Å². The van der Waals surface area contributed by atoms with Crippen molar-refractivity contribution in [3.63, 3.8) is 0 Å². The first-order chi connectivity index (χ1) is 10.7. The van der Waals surface area contributed by atoms with E-state index in [2.05, 4.69) is 16.0 Å². The highest BCUT2D eigenvalue weighted by Gasteiger charge is 2.43. The van der Waals surface area contributed by atoms with Gasteiger partial charge in [-0.15, -0.1) is 0 Å². The molecule has 2 atom stereocenters. The third-order valence-electron chi connectivity index (χ3n) is 3.95. The highest BCUT2D eigenvalue weighted by Crippen LogP contribution is 2.55. The van der Waals surface area contributed by atoms with E-state index in [1.54, 1.807) is 12.4 Å². The highest BCUT2D eigenvalue weighted by molar-refractivity contribution is 7.20. The lowest BCUT2D eigenvalue weighted by atomic mass is 10.1. The van der Waals surface area contributed by atoms with Gasteiger partial charge in [0, 0.05) is 24.5 Å². The van der Waals surface area contributed by atoms with Crippen LogP contribution in [0.2, 0.25) is 4.34 Å². The van der Waals surface area contributed by atoms with Crippen molar-refractivity contribution in [1.29, 1.82) is 0 Å². The van der Waals surface area contributed by atoms with Gasteiger partial charge in [-0.2, -0.15) is 0 Å². The second kappa shape index (κ2) is 5.07. The van der Waals surface area contributed by atoms with Crippen LogP contribution in [0.4, 0.5) is 0 Å². The number of methoxy groups -OCH3 is 1. The number of halogens is 1. The second-order valence-corrected chi connectivity index (χ2v) is 6.90. The number of nitrogens with zero attached hydrogens (tertiary/aromatic N) is 3. The van der Waals surface area contributed by atoms with Gasteiger partial charge in [-0.1, -0.05) is 29.0 Å². The zero-order valence-corrected chi connectivity index (χ0v) is 13.3. The molecule has 0 amide bonds. The summed E-state index contributed by atoms with van der Waals surface area (Å²) in [6.07, 6.45) is 6.15. The molecule has 3 aromatic heterocycles. The van der Waals surface area contributed by atoms with Gasteiger partial charge in [0.15, 0.2) is 4.96 Å². The van der Waals surface area contributed by atoms with E-state index < -0.39 is 0 Å². The van der Waals surface area contributed by atoms with Crippen LogP contribution in [0.1, 0.15) is 29.5 Å². The summed E-state index contributed by atoms with van der Waals surface area (Å²) in [5.41, 5.74) is 1.68. The van der Waals surface area contributed by atoms with Crippen LogP contribution in [0.25, 0.3) is 4.96 Å². The van der Waals surface area contributed by atoms with Crippen molar-refractivity contribution < 1.29 is 4.74 Å².